The molecule has 4 nitrogen and oxygen atoms in total. The zero-order valence-corrected chi connectivity index (χ0v) is 34.3. The summed E-state index contributed by atoms with van der Waals surface area (Å²) in [7, 11) is 0. The molecular formula is C55H46N4S. The summed E-state index contributed by atoms with van der Waals surface area (Å²) in [6, 6.07) is 33.5. The number of nitrogens with one attached hydrogen (secondary N) is 2. The summed E-state index contributed by atoms with van der Waals surface area (Å²) in [4.78, 5) is 9.42. The Kier molecular flexibility index (Phi) is 8.78. The van der Waals surface area contributed by atoms with E-state index in [9.17, 15) is 0 Å². The molecule has 0 saturated carbocycles. The van der Waals surface area contributed by atoms with Crippen LogP contribution in [-0.4, -0.2) is 12.0 Å². The second-order valence-electron chi connectivity index (χ2n) is 16.9. The third-order valence-electron chi connectivity index (χ3n) is 13.4. The molecule has 6 aliphatic carbocycles. The summed E-state index contributed by atoms with van der Waals surface area (Å²) < 4.78 is 1.29. The van der Waals surface area contributed by atoms with Gasteiger partial charge in [-0.2, -0.15) is 0 Å². The Balaban J connectivity index is 0.996. The number of aryl methyl sites for hydroxylation is 2. The SMILES string of the molecule is C1=CC2=CC=C(N(C3=Cc4sc5c(C6=NC(c7ccccc7)NC(C7=Cc8ccccc8CC7)N6)cccc5c4C4C=CC=CC34)c3ccc4c(c3)CCC=C4)CC2C=C1. The van der Waals surface area contributed by atoms with Crippen LogP contribution >= 0.6 is 11.3 Å². The predicted octanol–water partition coefficient (Wildman–Crippen LogP) is 12.5. The molecule has 5 aromatic rings. The lowest BCUT2D eigenvalue weighted by Gasteiger charge is -2.41. The number of aliphatic imine (C=N–C) groups is 1. The smallest absolute Gasteiger partial charge is 0.133 e. The molecule has 0 spiro atoms. The fraction of sp³-hybridized carbons (Fsp3) is 0.182. The minimum absolute atomic E-state index is 0.0447. The Morgan fingerprint density at radius 3 is 2.55 bits per heavy atom. The number of nitrogens with zero attached hydrogens (tertiary/aromatic N) is 2. The molecule has 5 heteroatoms. The van der Waals surface area contributed by atoms with E-state index in [1.165, 1.54) is 82.1 Å². The van der Waals surface area contributed by atoms with Crippen LogP contribution in [0.3, 0.4) is 0 Å². The van der Waals surface area contributed by atoms with Crippen molar-refractivity contribution in [2.24, 2.45) is 16.8 Å². The normalized spacial score (nSPS) is 24.4. The van der Waals surface area contributed by atoms with Crippen LogP contribution in [-0.2, 0) is 12.8 Å². The number of thiophene rings is 1. The Hall–Kier alpha value is -6.27. The summed E-state index contributed by atoms with van der Waals surface area (Å²) in [5.74, 6) is 1.73. The van der Waals surface area contributed by atoms with Crippen LogP contribution in [0.1, 0.15) is 75.2 Å². The molecule has 292 valence electrons. The average Bonchev–Trinajstić information content (AvgIpc) is 3.70. The molecule has 0 bridgehead atoms. The summed E-state index contributed by atoms with van der Waals surface area (Å²) >= 11 is 1.93. The van der Waals surface area contributed by atoms with Crippen LogP contribution in [0.25, 0.3) is 28.3 Å². The first kappa shape index (κ1) is 35.7. The Bertz CT molecular complexity index is 2890. The summed E-state index contributed by atoms with van der Waals surface area (Å²) in [5.41, 5.74) is 16.0. The molecule has 2 heterocycles. The summed E-state index contributed by atoms with van der Waals surface area (Å²) in [6.07, 6.45) is 37.6. The van der Waals surface area contributed by atoms with Crippen LogP contribution in [0.2, 0.25) is 0 Å². The fourth-order valence-electron chi connectivity index (χ4n) is 10.4. The molecule has 4 aromatic carbocycles. The molecule has 0 saturated heterocycles. The van der Waals surface area contributed by atoms with Crippen LogP contribution < -0.4 is 15.5 Å². The maximum Gasteiger partial charge on any atom is 0.133 e. The van der Waals surface area contributed by atoms with Crippen molar-refractivity contribution < 1.29 is 0 Å². The molecule has 7 aliphatic rings. The van der Waals surface area contributed by atoms with Crippen LogP contribution in [0.4, 0.5) is 5.69 Å². The van der Waals surface area contributed by atoms with Crippen molar-refractivity contribution in [1.82, 2.24) is 10.6 Å². The van der Waals surface area contributed by atoms with E-state index in [1.54, 1.807) is 0 Å². The van der Waals surface area contributed by atoms with Crippen molar-refractivity contribution in [3.8, 4) is 0 Å². The summed E-state index contributed by atoms with van der Waals surface area (Å²) in [6.45, 7) is 0. The number of benzene rings is 4. The van der Waals surface area contributed by atoms with E-state index in [4.69, 9.17) is 4.99 Å². The molecule has 5 unspecified atom stereocenters. The third-order valence-corrected chi connectivity index (χ3v) is 14.6. The van der Waals surface area contributed by atoms with Gasteiger partial charge >= 0.3 is 0 Å². The van der Waals surface area contributed by atoms with E-state index in [0.29, 0.717) is 5.92 Å². The number of hydrogen-bond acceptors (Lipinski definition) is 5. The zero-order chi connectivity index (χ0) is 39.6. The lowest BCUT2D eigenvalue weighted by atomic mass is 9.75. The largest absolute Gasteiger partial charge is 0.351 e. The van der Waals surface area contributed by atoms with Gasteiger partial charge in [0, 0.05) is 50.0 Å². The van der Waals surface area contributed by atoms with Crippen molar-refractivity contribution in [2.45, 2.75) is 50.4 Å². The summed E-state index contributed by atoms with van der Waals surface area (Å²) in [5, 5.41) is 9.16. The van der Waals surface area contributed by atoms with Gasteiger partial charge in [0.25, 0.3) is 0 Å². The second-order valence-corrected chi connectivity index (χ2v) is 18.0. The number of rotatable bonds is 6. The van der Waals surface area contributed by atoms with E-state index in [-0.39, 0.29) is 24.2 Å². The maximum absolute atomic E-state index is 5.46. The van der Waals surface area contributed by atoms with Gasteiger partial charge < -0.3 is 10.2 Å². The number of anilines is 1. The lowest BCUT2D eigenvalue weighted by molar-refractivity contribution is 0.430. The van der Waals surface area contributed by atoms with Gasteiger partial charge in [0.2, 0.25) is 0 Å². The monoisotopic (exact) mass is 794 g/mol. The van der Waals surface area contributed by atoms with Crippen molar-refractivity contribution in [3.05, 3.63) is 224 Å². The highest BCUT2D eigenvalue weighted by molar-refractivity contribution is 7.20. The second kappa shape index (κ2) is 14.8. The highest BCUT2D eigenvalue weighted by atomic mass is 32.1. The molecule has 12 rings (SSSR count). The van der Waals surface area contributed by atoms with Crippen molar-refractivity contribution in [2.75, 3.05) is 4.90 Å². The molecule has 2 N–H and O–H groups in total. The van der Waals surface area contributed by atoms with Gasteiger partial charge in [-0.15, -0.1) is 11.3 Å². The van der Waals surface area contributed by atoms with Crippen molar-refractivity contribution >= 4 is 51.2 Å². The molecule has 5 atom stereocenters. The minimum Gasteiger partial charge on any atom is -0.351 e. The van der Waals surface area contributed by atoms with Gasteiger partial charge in [-0.05, 0) is 112 Å². The van der Waals surface area contributed by atoms with E-state index in [2.05, 4.69) is 192 Å². The van der Waals surface area contributed by atoms with E-state index < -0.39 is 0 Å². The fourth-order valence-corrected chi connectivity index (χ4v) is 11.8. The Morgan fingerprint density at radius 1 is 0.717 bits per heavy atom. The molecule has 1 aliphatic heterocycles. The van der Waals surface area contributed by atoms with Gasteiger partial charge in [-0.1, -0.05) is 146 Å². The van der Waals surface area contributed by atoms with Gasteiger partial charge in [0.15, 0.2) is 0 Å². The number of amidine groups is 1. The molecule has 0 fully saturated rings. The van der Waals surface area contributed by atoms with Gasteiger partial charge in [-0.3, -0.25) is 5.32 Å². The zero-order valence-electron chi connectivity index (χ0n) is 33.5. The van der Waals surface area contributed by atoms with Crippen molar-refractivity contribution in [1.29, 1.82) is 0 Å². The Morgan fingerprint density at radius 2 is 1.60 bits per heavy atom. The molecule has 1 aromatic heterocycles. The van der Waals surface area contributed by atoms with Crippen LogP contribution in [0.5, 0.6) is 0 Å². The van der Waals surface area contributed by atoms with Crippen LogP contribution in [0, 0.1) is 11.8 Å². The van der Waals surface area contributed by atoms with E-state index in [0.717, 1.165) is 37.9 Å². The Labute approximate surface area is 356 Å². The number of allylic oxidation sites excluding steroid dienone is 13. The molecular weight excluding hydrogens is 749 g/mol. The first-order valence-corrected chi connectivity index (χ1v) is 22.4. The lowest BCUT2D eigenvalue weighted by Crippen LogP contribution is -2.52. The molecule has 60 heavy (non-hydrogen) atoms. The predicted molar refractivity (Wildman–Crippen MR) is 252 cm³/mol. The standard InChI is InChI=1S/C55H46N4S/c1-2-16-38(17-3-1)53-56-54(42-26-25-35-13-4-7-18-39(35)31-42)58-55(57-53)48-24-12-23-47-51-46-22-11-10-21-45(46)49(34-50(51)60-52(47)48)59(43-29-27-36-14-5-8-19-40(36)32-43)44-30-28-37-15-6-9-20-41(37)33-44/h1-8,10-19,21-24,27-31,33-34,40,45-46,53-54,56H,9,20,25-26,32H2,(H,57,58). The first-order valence-electron chi connectivity index (χ1n) is 21.6. The van der Waals surface area contributed by atoms with Crippen molar-refractivity contribution in [3.63, 3.8) is 0 Å². The highest BCUT2D eigenvalue weighted by Crippen LogP contribution is 2.52. The maximum atomic E-state index is 5.46. The van der Waals surface area contributed by atoms with E-state index in [1.807, 2.05) is 11.3 Å². The molecule has 0 radical (unpaired) electrons. The quantitative estimate of drug-likeness (QED) is 0.180. The molecule has 0 amide bonds. The minimum atomic E-state index is -0.175. The van der Waals surface area contributed by atoms with Gasteiger partial charge in [0.05, 0.1) is 0 Å². The van der Waals surface area contributed by atoms with Gasteiger partial charge in [0.1, 0.15) is 18.2 Å². The first-order chi connectivity index (χ1) is 29.7. The average molecular weight is 795 g/mol. The topological polar surface area (TPSA) is 39.7 Å². The number of hydrogen-bond donors (Lipinski definition) is 2. The van der Waals surface area contributed by atoms with Crippen LogP contribution in [0.15, 0.2) is 185 Å². The van der Waals surface area contributed by atoms with E-state index >= 15 is 0 Å². The highest BCUT2D eigenvalue weighted by Gasteiger charge is 2.38. The third kappa shape index (κ3) is 6.18. The number of fused-ring (bicyclic) bond motifs is 8. The van der Waals surface area contributed by atoms with Gasteiger partial charge in [-0.25, -0.2) is 4.99 Å².